The lowest BCUT2D eigenvalue weighted by Crippen LogP contribution is -2.52. The van der Waals surface area contributed by atoms with Gasteiger partial charge in [0.15, 0.2) is 0 Å². The molecule has 3 rings (SSSR count). The predicted molar refractivity (Wildman–Crippen MR) is 153 cm³/mol. The van der Waals surface area contributed by atoms with Gasteiger partial charge in [-0.2, -0.15) is 0 Å². The first-order chi connectivity index (χ1) is 19.1. The van der Waals surface area contributed by atoms with Crippen LogP contribution in [0.3, 0.4) is 0 Å². The molecule has 0 aliphatic carbocycles. The van der Waals surface area contributed by atoms with Crippen LogP contribution in [-0.2, 0) is 26.2 Å². The zero-order chi connectivity index (χ0) is 29.3. The van der Waals surface area contributed by atoms with E-state index in [9.17, 15) is 22.4 Å². The molecule has 0 bridgehead atoms. The summed E-state index contributed by atoms with van der Waals surface area (Å²) >= 11 is 6.19. The van der Waals surface area contributed by atoms with Gasteiger partial charge in [-0.1, -0.05) is 43.6 Å². The number of amides is 2. The van der Waals surface area contributed by atoms with Crippen molar-refractivity contribution in [1.82, 2.24) is 10.2 Å². The van der Waals surface area contributed by atoms with Gasteiger partial charge in [0.2, 0.25) is 11.8 Å². The second-order valence-electron chi connectivity index (χ2n) is 9.03. The van der Waals surface area contributed by atoms with E-state index in [2.05, 4.69) is 5.32 Å². The summed E-state index contributed by atoms with van der Waals surface area (Å²) in [5.41, 5.74) is 0.769. The Hall–Kier alpha value is -3.63. The van der Waals surface area contributed by atoms with Gasteiger partial charge in [-0.25, -0.2) is 12.8 Å². The molecule has 0 aliphatic heterocycles. The van der Waals surface area contributed by atoms with Crippen molar-refractivity contribution in [3.63, 3.8) is 0 Å². The quantitative estimate of drug-likeness (QED) is 0.302. The minimum atomic E-state index is -4.25. The molecule has 0 fully saturated rings. The lowest BCUT2D eigenvalue weighted by molar-refractivity contribution is -0.140. The third-order valence-electron chi connectivity index (χ3n) is 6.22. The summed E-state index contributed by atoms with van der Waals surface area (Å²) in [6.45, 7) is 3.48. The van der Waals surface area contributed by atoms with E-state index in [4.69, 9.17) is 16.3 Å². The monoisotopic (exact) mass is 589 g/mol. The SMILES string of the molecule is CCCNC(=O)C(CC)N(Cc1ccc(F)cc1)C(=O)CN(c1cccc(Cl)c1)S(=O)(=O)c1ccc(OC)cc1. The van der Waals surface area contributed by atoms with Crippen LogP contribution in [0.25, 0.3) is 0 Å². The van der Waals surface area contributed by atoms with E-state index in [0.717, 1.165) is 4.31 Å². The van der Waals surface area contributed by atoms with Gasteiger partial charge in [0.25, 0.3) is 10.0 Å². The third-order valence-corrected chi connectivity index (χ3v) is 8.25. The molecule has 0 saturated carbocycles. The molecule has 3 aromatic rings. The fourth-order valence-electron chi connectivity index (χ4n) is 4.11. The highest BCUT2D eigenvalue weighted by Crippen LogP contribution is 2.28. The Labute approximate surface area is 239 Å². The number of hydrogen-bond donors (Lipinski definition) is 1. The topological polar surface area (TPSA) is 96.0 Å². The van der Waals surface area contributed by atoms with E-state index in [1.165, 1.54) is 72.7 Å². The van der Waals surface area contributed by atoms with Gasteiger partial charge in [-0.15, -0.1) is 0 Å². The summed E-state index contributed by atoms with van der Waals surface area (Å²) in [5, 5.41) is 3.10. The number of sulfonamides is 1. The summed E-state index contributed by atoms with van der Waals surface area (Å²) in [6.07, 6.45) is 0.988. The van der Waals surface area contributed by atoms with Crippen molar-refractivity contribution in [2.75, 3.05) is 24.5 Å². The number of anilines is 1. The number of carbonyl (C=O) groups is 2. The van der Waals surface area contributed by atoms with Crippen molar-refractivity contribution in [3.05, 3.63) is 89.2 Å². The molecule has 2 amide bonds. The maximum Gasteiger partial charge on any atom is 0.264 e. The smallest absolute Gasteiger partial charge is 0.264 e. The van der Waals surface area contributed by atoms with Crippen LogP contribution in [0.2, 0.25) is 5.02 Å². The Bertz CT molecular complexity index is 1400. The Kier molecular flexibility index (Phi) is 10.9. The van der Waals surface area contributed by atoms with Crippen LogP contribution in [0.4, 0.5) is 10.1 Å². The second kappa shape index (κ2) is 14.1. The van der Waals surface area contributed by atoms with Crippen LogP contribution in [0, 0.1) is 5.82 Å². The molecule has 1 N–H and O–H groups in total. The van der Waals surface area contributed by atoms with E-state index in [1.54, 1.807) is 19.1 Å². The molecule has 0 saturated heterocycles. The maximum absolute atomic E-state index is 14.0. The van der Waals surface area contributed by atoms with Crippen molar-refractivity contribution < 1.29 is 27.1 Å². The standard InChI is InChI=1S/C29H33ClFN3O5S/c1-4-17-32-29(36)27(5-2)33(19-21-9-11-23(31)12-10-21)28(35)20-34(24-8-6-7-22(30)18-24)40(37,38)26-15-13-25(39-3)14-16-26/h6-16,18,27H,4-5,17,19-20H2,1-3H3,(H,32,36). The Morgan fingerprint density at radius 1 is 1.02 bits per heavy atom. The fourth-order valence-corrected chi connectivity index (χ4v) is 5.70. The summed E-state index contributed by atoms with van der Waals surface area (Å²) in [4.78, 5) is 28.3. The van der Waals surface area contributed by atoms with Crippen molar-refractivity contribution in [2.45, 2.75) is 44.2 Å². The largest absolute Gasteiger partial charge is 0.497 e. The summed E-state index contributed by atoms with van der Waals surface area (Å²) in [5.74, 6) is -0.933. The summed E-state index contributed by atoms with van der Waals surface area (Å²) < 4.78 is 47.4. The second-order valence-corrected chi connectivity index (χ2v) is 11.3. The van der Waals surface area contributed by atoms with Crippen molar-refractivity contribution >= 4 is 39.1 Å². The molecule has 3 aromatic carbocycles. The van der Waals surface area contributed by atoms with Gasteiger partial charge in [0.05, 0.1) is 17.7 Å². The zero-order valence-electron chi connectivity index (χ0n) is 22.6. The van der Waals surface area contributed by atoms with Crippen LogP contribution < -0.4 is 14.4 Å². The molecule has 11 heteroatoms. The predicted octanol–water partition coefficient (Wildman–Crippen LogP) is 5.02. The number of hydrogen-bond acceptors (Lipinski definition) is 5. The summed E-state index contributed by atoms with van der Waals surface area (Å²) in [6, 6.07) is 16.7. The van der Waals surface area contributed by atoms with E-state index in [0.29, 0.717) is 24.3 Å². The summed E-state index contributed by atoms with van der Waals surface area (Å²) in [7, 11) is -2.78. The molecular formula is C29H33ClFN3O5S. The van der Waals surface area contributed by atoms with Gasteiger partial charge >= 0.3 is 0 Å². The van der Waals surface area contributed by atoms with Gasteiger partial charge in [-0.3, -0.25) is 13.9 Å². The van der Waals surface area contributed by atoms with E-state index in [1.807, 2.05) is 6.92 Å². The van der Waals surface area contributed by atoms with Crippen LogP contribution in [0.1, 0.15) is 32.3 Å². The molecule has 0 aromatic heterocycles. The molecule has 0 heterocycles. The average molecular weight is 590 g/mol. The molecule has 1 unspecified atom stereocenters. The van der Waals surface area contributed by atoms with Gasteiger partial charge < -0.3 is 15.0 Å². The van der Waals surface area contributed by atoms with Crippen LogP contribution in [-0.4, -0.2) is 51.4 Å². The van der Waals surface area contributed by atoms with Gasteiger partial charge in [0.1, 0.15) is 24.2 Å². The van der Waals surface area contributed by atoms with Crippen LogP contribution in [0.5, 0.6) is 5.75 Å². The highest BCUT2D eigenvalue weighted by atomic mass is 35.5. The number of methoxy groups -OCH3 is 1. The first-order valence-corrected chi connectivity index (χ1v) is 14.7. The van der Waals surface area contributed by atoms with Gasteiger partial charge in [-0.05, 0) is 73.0 Å². The fraction of sp³-hybridized carbons (Fsp3) is 0.310. The molecule has 214 valence electrons. The highest BCUT2D eigenvalue weighted by Gasteiger charge is 2.33. The molecule has 0 spiro atoms. The normalized spacial score (nSPS) is 11.9. The van der Waals surface area contributed by atoms with Crippen molar-refractivity contribution in [1.29, 1.82) is 0 Å². The number of rotatable bonds is 13. The van der Waals surface area contributed by atoms with Crippen molar-refractivity contribution in [2.24, 2.45) is 0 Å². The van der Waals surface area contributed by atoms with E-state index in [-0.39, 0.29) is 34.5 Å². The molecular weight excluding hydrogens is 557 g/mol. The molecule has 0 aliphatic rings. The molecule has 8 nitrogen and oxygen atoms in total. The number of ether oxygens (including phenoxy) is 1. The number of benzene rings is 3. The lowest BCUT2D eigenvalue weighted by atomic mass is 10.1. The number of carbonyl (C=O) groups excluding carboxylic acids is 2. The van der Waals surface area contributed by atoms with Crippen LogP contribution >= 0.6 is 11.6 Å². The molecule has 1 atom stereocenters. The minimum absolute atomic E-state index is 0.0247. The Balaban J connectivity index is 2.05. The lowest BCUT2D eigenvalue weighted by Gasteiger charge is -2.33. The zero-order valence-corrected chi connectivity index (χ0v) is 24.2. The third kappa shape index (κ3) is 7.73. The molecule has 0 radical (unpaired) electrons. The minimum Gasteiger partial charge on any atom is -0.497 e. The number of nitrogens with zero attached hydrogens (tertiary/aromatic N) is 2. The average Bonchev–Trinajstić information content (AvgIpc) is 2.95. The van der Waals surface area contributed by atoms with Gasteiger partial charge in [0, 0.05) is 18.1 Å². The molecule has 40 heavy (non-hydrogen) atoms. The van der Waals surface area contributed by atoms with E-state index < -0.39 is 34.3 Å². The van der Waals surface area contributed by atoms with E-state index >= 15 is 0 Å². The number of nitrogens with one attached hydrogen (secondary N) is 1. The van der Waals surface area contributed by atoms with Crippen molar-refractivity contribution in [3.8, 4) is 5.75 Å². The number of halogens is 2. The van der Waals surface area contributed by atoms with Crippen LogP contribution in [0.15, 0.2) is 77.7 Å². The maximum atomic E-state index is 14.0. The first-order valence-electron chi connectivity index (χ1n) is 12.8. The highest BCUT2D eigenvalue weighted by molar-refractivity contribution is 7.92. The first kappa shape index (κ1) is 30.9. The Morgan fingerprint density at radius 3 is 2.27 bits per heavy atom. The Morgan fingerprint density at radius 2 is 1.70 bits per heavy atom.